The summed E-state index contributed by atoms with van der Waals surface area (Å²) in [5.74, 6) is -3.42. The van der Waals surface area contributed by atoms with Gasteiger partial charge in [0.25, 0.3) is 0 Å². The Hall–Kier alpha value is -4.03. The molecular weight excluding hydrogens is 599 g/mol. The summed E-state index contributed by atoms with van der Waals surface area (Å²) >= 11 is 2.29. The molecule has 0 fully saturated rings. The SMILES string of the molecule is COc1cc2sc(C(=O)C[C@H](C)C(=O)O)cc2c(F)c1OCCCOc1cc2cc(C(=O)C[C@H](C)C(C)=O)sc2cc1O. The van der Waals surface area contributed by atoms with Crippen LogP contribution < -0.4 is 14.2 Å². The van der Waals surface area contributed by atoms with Crippen LogP contribution in [0.3, 0.4) is 0 Å². The largest absolute Gasteiger partial charge is 0.504 e. The third-order valence-electron chi connectivity index (χ3n) is 6.94. The zero-order valence-corrected chi connectivity index (χ0v) is 25.7. The second-order valence-corrected chi connectivity index (χ2v) is 12.4. The number of ketones is 3. The van der Waals surface area contributed by atoms with Gasteiger partial charge in [-0.05, 0) is 30.5 Å². The first-order valence-electron chi connectivity index (χ1n) is 13.5. The zero-order chi connectivity index (χ0) is 31.4. The molecule has 2 atom stereocenters. The van der Waals surface area contributed by atoms with Crippen LogP contribution in [0.15, 0.2) is 30.3 Å². The van der Waals surface area contributed by atoms with Gasteiger partial charge in [0, 0.05) is 52.1 Å². The van der Waals surface area contributed by atoms with Crippen molar-refractivity contribution in [2.75, 3.05) is 20.3 Å². The maximum Gasteiger partial charge on any atom is 0.306 e. The first-order chi connectivity index (χ1) is 20.4. The standard InChI is InChI=1S/C31H31FO9S2/c1-15(17(3)33)8-21(35)27-11-18-10-23(20(34)13-25(18)42-27)40-6-5-7-41-30-24(39-4)14-26-19(29(30)32)12-28(43-26)22(36)9-16(2)31(37)38/h10-16,34H,5-9H2,1-4H3,(H,37,38)/t15-,16-/m0/s1. The number of phenolic OH excluding ortho intramolecular Hbond substituents is 1. The van der Waals surface area contributed by atoms with E-state index >= 15 is 4.39 Å². The van der Waals surface area contributed by atoms with Gasteiger partial charge < -0.3 is 24.4 Å². The number of aromatic hydroxyl groups is 1. The van der Waals surface area contributed by atoms with Crippen molar-refractivity contribution in [1.29, 1.82) is 0 Å². The number of hydrogen-bond donors (Lipinski definition) is 2. The van der Waals surface area contributed by atoms with Gasteiger partial charge in [-0.1, -0.05) is 13.8 Å². The lowest BCUT2D eigenvalue weighted by Crippen LogP contribution is -2.13. The average Bonchev–Trinajstić information content (AvgIpc) is 3.58. The van der Waals surface area contributed by atoms with E-state index in [1.165, 1.54) is 44.4 Å². The summed E-state index contributed by atoms with van der Waals surface area (Å²) in [6.07, 6.45) is 0.251. The molecule has 4 aromatic rings. The molecule has 0 aliphatic heterocycles. The van der Waals surface area contributed by atoms with Crippen LogP contribution in [-0.4, -0.2) is 53.9 Å². The van der Waals surface area contributed by atoms with Crippen molar-refractivity contribution in [1.82, 2.24) is 0 Å². The summed E-state index contributed by atoms with van der Waals surface area (Å²) in [5.41, 5.74) is 0. The van der Waals surface area contributed by atoms with Crippen LogP contribution in [0.1, 0.15) is 59.4 Å². The second-order valence-electron chi connectivity index (χ2n) is 10.3. The van der Waals surface area contributed by atoms with Crippen LogP contribution in [0, 0.1) is 17.7 Å². The van der Waals surface area contributed by atoms with Gasteiger partial charge in [0.05, 0.1) is 36.0 Å². The summed E-state index contributed by atoms with van der Waals surface area (Å²) < 4.78 is 33.3. The number of carboxylic acids is 1. The molecule has 0 amide bonds. The third kappa shape index (κ3) is 7.31. The highest BCUT2D eigenvalue weighted by Gasteiger charge is 2.23. The summed E-state index contributed by atoms with van der Waals surface area (Å²) in [6.45, 7) is 4.80. The number of benzene rings is 2. The van der Waals surface area contributed by atoms with Gasteiger partial charge in [0.1, 0.15) is 5.78 Å². The molecule has 9 nitrogen and oxygen atoms in total. The van der Waals surface area contributed by atoms with Crippen molar-refractivity contribution < 1.29 is 48.0 Å². The minimum atomic E-state index is -1.08. The van der Waals surface area contributed by atoms with E-state index in [2.05, 4.69) is 0 Å². The van der Waals surface area contributed by atoms with E-state index in [-0.39, 0.29) is 82.6 Å². The van der Waals surface area contributed by atoms with Gasteiger partial charge in [-0.2, -0.15) is 0 Å². The Labute approximate surface area is 254 Å². The molecule has 43 heavy (non-hydrogen) atoms. The highest BCUT2D eigenvalue weighted by atomic mass is 32.1. The number of carbonyl (C=O) groups is 4. The minimum Gasteiger partial charge on any atom is -0.504 e. The number of Topliss-reactive ketones (excluding diaryl/α,β-unsaturated/α-hetero) is 3. The molecule has 0 aliphatic rings. The number of phenols is 1. The van der Waals surface area contributed by atoms with Gasteiger partial charge in [-0.15, -0.1) is 22.7 Å². The molecule has 4 rings (SSSR count). The average molecular weight is 631 g/mol. The summed E-state index contributed by atoms with van der Waals surface area (Å²) in [6, 6.07) is 7.84. The Bertz CT molecular complexity index is 1700. The first-order valence-corrected chi connectivity index (χ1v) is 15.1. The number of carbonyl (C=O) groups excluding carboxylic acids is 3. The fourth-order valence-corrected chi connectivity index (χ4v) is 6.30. The number of methoxy groups -OCH3 is 1. The van der Waals surface area contributed by atoms with Crippen LogP contribution in [0.5, 0.6) is 23.0 Å². The molecule has 0 saturated carbocycles. The number of aliphatic carboxylic acids is 1. The van der Waals surface area contributed by atoms with Gasteiger partial charge in [0.15, 0.2) is 40.4 Å². The number of ether oxygens (including phenoxy) is 3. The predicted molar refractivity (Wildman–Crippen MR) is 162 cm³/mol. The van der Waals surface area contributed by atoms with Crippen LogP contribution in [0.2, 0.25) is 0 Å². The Morgan fingerprint density at radius 1 is 0.860 bits per heavy atom. The molecular formula is C31H31FO9S2. The summed E-state index contributed by atoms with van der Waals surface area (Å²) in [5, 5.41) is 20.4. The lowest BCUT2D eigenvalue weighted by Gasteiger charge is -2.13. The number of fused-ring (bicyclic) bond motifs is 2. The van der Waals surface area contributed by atoms with E-state index < -0.39 is 17.7 Å². The van der Waals surface area contributed by atoms with Crippen molar-refractivity contribution in [2.24, 2.45) is 11.8 Å². The van der Waals surface area contributed by atoms with E-state index in [0.29, 0.717) is 20.7 Å². The zero-order valence-electron chi connectivity index (χ0n) is 24.0. The lowest BCUT2D eigenvalue weighted by molar-refractivity contribution is -0.141. The van der Waals surface area contributed by atoms with E-state index in [1.54, 1.807) is 25.1 Å². The molecule has 228 valence electrons. The second kappa shape index (κ2) is 13.5. The summed E-state index contributed by atoms with van der Waals surface area (Å²) in [4.78, 5) is 48.5. The first kappa shape index (κ1) is 31.9. The maximum atomic E-state index is 15.4. The van der Waals surface area contributed by atoms with Crippen molar-refractivity contribution in [3.8, 4) is 23.0 Å². The van der Waals surface area contributed by atoms with Crippen LogP contribution in [0.4, 0.5) is 4.39 Å². The smallest absolute Gasteiger partial charge is 0.306 e. The van der Waals surface area contributed by atoms with Gasteiger partial charge in [-0.25, -0.2) is 4.39 Å². The molecule has 2 N–H and O–H groups in total. The lowest BCUT2D eigenvalue weighted by atomic mass is 10.0. The molecule has 0 unspecified atom stereocenters. The van der Waals surface area contributed by atoms with Crippen molar-refractivity contribution in [2.45, 2.75) is 40.0 Å². The Morgan fingerprint density at radius 2 is 1.49 bits per heavy atom. The molecule has 0 saturated heterocycles. The highest BCUT2D eigenvalue weighted by Crippen LogP contribution is 2.41. The van der Waals surface area contributed by atoms with Crippen molar-refractivity contribution in [3.05, 3.63) is 45.9 Å². The number of carboxylic acid groups (broad SMARTS) is 1. The van der Waals surface area contributed by atoms with Crippen molar-refractivity contribution in [3.63, 3.8) is 0 Å². The molecule has 12 heteroatoms. The number of halogens is 1. The fourth-order valence-electron chi connectivity index (χ4n) is 4.23. The minimum absolute atomic E-state index is 0.0507. The number of thiophene rings is 2. The Morgan fingerprint density at radius 3 is 2.14 bits per heavy atom. The molecule has 2 aromatic heterocycles. The van der Waals surface area contributed by atoms with E-state index in [9.17, 15) is 24.3 Å². The number of hydrogen-bond acceptors (Lipinski definition) is 10. The topological polar surface area (TPSA) is 136 Å². The van der Waals surface area contributed by atoms with Crippen LogP contribution in [-0.2, 0) is 9.59 Å². The quantitative estimate of drug-likeness (QED) is 0.106. The van der Waals surface area contributed by atoms with Gasteiger partial charge >= 0.3 is 5.97 Å². The van der Waals surface area contributed by atoms with Crippen LogP contribution in [0.25, 0.3) is 20.2 Å². The summed E-state index contributed by atoms with van der Waals surface area (Å²) in [7, 11) is 1.37. The normalized spacial score (nSPS) is 12.7. The van der Waals surface area contributed by atoms with E-state index in [1.807, 2.05) is 0 Å². The monoisotopic (exact) mass is 630 g/mol. The highest BCUT2D eigenvalue weighted by molar-refractivity contribution is 7.21. The number of rotatable bonds is 15. The van der Waals surface area contributed by atoms with Gasteiger partial charge in [-0.3, -0.25) is 19.2 Å². The molecule has 0 spiro atoms. The van der Waals surface area contributed by atoms with Gasteiger partial charge in [0.2, 0.25) is 0 Å². The molecule has 0 aliphatic carbocycles. The van der Waals surface area contributed by atoms with E-state index in [4.69, 9.17) is 19.3 Å². The molecule has 2 heterocycles. The molecule has 0 bridgehead atoms. The third-order valence-corrected chi connectivity index (χ3v) is 9.20. The Kier molecular flexibility index (Phi) is 10.0. The Balaban J connectivity index is 1.39. The van der Waals surface area contributed by atoms with Crippen LogP contribution >= 0.6 is 22.7 Å². The fraction of sp³-hybridized carbons (Fsp3) is 0.355. The maximum absolute atomic E-state index is 15.4. The predicted octanol–water partition coefficient (Wildman–Crippen LogP) is 6.91. The molecule has 2 aromatic carbocycles. The molecule has 0 radical (unpaired) electrons. The van der Waals surface area contributed by atoms with E-state index in [0.717, 1.165) is 16.7 Å². The van der Waals surface area contributed by atoms with Crippen molar-refractivity contribution >= 4 is 66.2 Å².